The molecule has 0 aliphatic heterocycles. The van der Waals surface area contributed by atoms with E-state index in [-0.39, 0.29) is 0 Å². The van der Waals surface area contributed by atoms with Gasteiger partial charge in [0.15, 0.2) is 0 Å². The van der Waals surface area contributed by atoms with Crippen LogP contribution >= 0.6 is 0 Å². The summed E-state index contributed by atoms with van der Waals surface area (Å²) in [4.78, 5) is 0. The van der Waals surface area contributed by atoms with Crippen molar-refractivity contribution in [1.82, 2.24) is 0 Å². The molecule has 0 bridgehead atoms. The lowest BCUT2D eigenvalue weighted by atomic mass is 9.85. The Labute approximate surface area is 161 Å². The molecule has 0 heterocycles. The highest BCUT2D eigenvalue weighted by Crippen LogP contribution is 2.28. The summed E-state index contributed by atoms with van der Waals surface area (Å²) in [6.07, 6.45) is 10.7. The minimum absolute atomic E-state index is 0.673. The Morgan fingerprint density at radius 2 is 1.27 bits per heavy atom. The van der Waals surface area contributed by atoms with Crippen molar-refractivity contribution >= 4 is 0 Å². The first-order valence-corrected chi connectivity index (χ1v) is 10.8. The van der Waals surface area contributed by atoms with Crippen LogP contribution in [-0.2, 0) is 25.7 Å². The van der Waals surface area contributed by atoms with Crippen molar-refractivity contribution in [1.29, 1.82) is 0 Å². The largest absolute Gasteiger partial charge is 0.0617 e. The van der Waals surface area contributed by atoms with Crippen LogP contribution in [0, 0.1) is 0 Å². The van der Waals surface area contributed by atoms with Crippen LogP contribution in [0.2, 0.25) is 0 Å². The number of rotatable bonds is 2. The Kier molecular flexibility index (Phi) is 6.57. The molecule has 0 unspecified atom stereocenters. The van der Waals surface area contributed by atoms with Crippen LogP contribution in [0.1, 0.15) is 98.6 Å². The first-order chi connectivity index (χ1) is 12.6. The van der Waals surface area contributed by atoms with E-state index < -0.39 is 0 Å². The molecular weight excluding hydrogens is 312 g/mol. The molecular formula is C26H36. The van der Waals surface area contributed by atoms with Gasteiger partial charge in [-0.3, -0.25) is 0 Å². The lowest BCUT2D eigenvalue weighted by Gasteiger charge is -2.21. The van der Waals surface area contributed by atoms with Gasteiger partial charge >= 0.3 is 0 Å². The molecule has 0 saturated carbocycles. The fourth-order valence-corrected chi connectivity index (χ4v) is 4.46. The summed E-state index contributed by atoms with van der Waals surface area (Å²) in [5, 5.41) is 0. The van der Waals surface area contributed by atoms with E-state index >= 15 is 0 Å². The summed E-state index contributed by atoms with van der Waals surface area (Å²) >= 11 is 0. The minimum Gasteiger partial charge on any atom is -0.0617 e. The third kappa shape index (κ3) is 4.58. The zero-order valence-electron chi connectivity index (χ0n) is 17.3. The summed E-state index contributed by atoms with van der Waals surface area (Å²) in [5.41, 5.74) is 9.55. The van der Waals surface area contributed by atoms with Gasteiger partial charge in [0.25, 0.3) is 0 Å². The smallest absolute Gasteiger partial charge is 0.0216 e. The van der Waals surface area contributed by atoms with Crippen LogP contribution in [0.5, 0.6) is 0 Å². The molecule has 0 saturated heterocycles. The van der Waals surface area contributed by atoms with Crippen molar-refractivity contribution in [3.8, 4) is 0 Å². The van der Waals surface area contributed by atoms with Crippen LogP contribution in [0.25, 0.3) is 0 Å². The number of hydrogen-bond donors (Lipinski definition) is 0. The molecule has 2 aliphatic carbocycles. The molecule has 0 fully saturated rings. The molecule has 26 heavy (non-hydrogen) atoms. The molecule has 0 amide bonds. The molecule has 0 N–H and O–H groups in total. The maximum absolute atomic E-state index is 2.42. The second-order valence-corrected chi connectivity index (χ2v) is 8.74. The third-order valence-corrected chi connectivity index (χ3v) is 6.09. The van der Waals surface area contributed by atoms with Crippen LogP contribution in [0.3, 0.4) is 0 Å². The maximum Gasteiger partial charge on any atom is -0.0216 e. The highest BCUT2D eigenvalue weighted by atomic mass is 14.2. The van der Waals surface area contributed by atoms with E-state index in [9.17, 15) is 0 Å². The second kappa shape index (κ2) is 8.89. The normalized spacial score (nSPS) is 15.9. The molecule has 0 aromatic heterocycles. The Balaban J connectivity index is 0.000000151. The number of benzene rings is 2. The summed E-state index contributed by atoms with van der Waals surface area (Å²) in [6, 6.07) is 13.9. The van der Waals surface area contributed by atoms with Crippen molar-refractivity contribution in [3.63, 3.8) is 0 Å². The lowest BCUT2D eigenvalue weighted by molar-refractivity contribution is 0.670. The summed E-state index contributed by atoms with van der Waals surface area (Å²) in [7, 11) is 0. The van der Waals surface area contributed by atoms with Crippen molar-refractivity contribution in [2.75, 3.05) is 0 Å². The fourth-order valence-electron chi connectivity index (χ4n) is 4.46. The van der Waals surface area contributed by atoms with Gasteiger partial charge in [-0.25, -0.2) is 0 Å². The SMILES string of the molecule is CC(C)c1ccc2c(c1)CCCC2.CC(C)c1cccc2c1CCCC2. The van der Waals surface area contributed by atoms with E-state index in [4.69, 9.17) is 0 Å². The maximum atomic E-state index is 2.42. The number of hydrogen-bond acceptors (Lipinski definition) is 0. The summed E-state index contributed by atoms with van der Waals surface area (Å²) in [5.74, 6) is 1.36. The van der Waals surface area contributed by atoms with Gasteiger partial charge in [0.2, 0.25) is 0 Å². The topological polar surface area (TPSA) is 0 Å². The van der Waals surface area contributed by atoms with Gasteiger partial charge in [-0.2, -0.15) is 0 Å². The molecule has 0 spiro atoms. The molecule has 140 valence electrons. The zero-order chi connectivity index (χ0) is 18.5. The Hall–Kier alpha value is -1.56. The average molecular weight is 349 g/mol. The minimum atomic E-state index is 0.673. The van der Waals surface area contributed by atoms with Gasteiger partial charge in [-0.1, -0.05) is 64.1 Å². The van der Waals surface area contributed by atoms with Crippen molar-refractivity contribution in [3.05, 3.63) is 69.8 Å². The molecule has 0 heteroatoms. The zero-order valence-corrected chi connectivity index (χ0v) is 17.3. The van der Waals surface area contributed by atoms with E-state index in [1.54, 1.807) is 27.8 Å². The molecule has 0 radical (unpaired) electrons. The predicted molar refractivity (Wildman–Crippen MR) is 114 cm³/mol. The summed E-state index contributed by atoms with van der Waals surface area (Å²) < 4.78 is 0. The quantitative estimate of drug-likeness (QED) is 0.531. The predicted octanol–water partition coefficient (Wildman–Crippen LogP) is 7.38. The van der Waals surface area contributed by atoms with Gasteiger partial charge in [-0.05, 0) is 96.6 Å². The first kappa shape index (κ1) is 19.2. The van der Waals surface area contributed by atoms with Gasteiger partial charge in [0, 0.05) is 0 Å². The van der Waals surface area contributed by atoms with E-state index in [1.165, 1.54) is 56.9 Å². The Bertz CT molecular complexity index is 719. The summed E-state index contributed by atoms with van der Waals surface area (Å²) in [6.45, 7) is 9.13. The molecule has 2 aromatic rings. The van der Waals surface area contributed by atoms with Crippen molar-refractivity contribution < 1.29 is 0 Å². The monoisotopic (exact) mass is 348 g/mol. The van der Waals surface area contributed by atoms with E-state index in [2.05, 4.69) is 64.1 Å². The van der Waals surface area contributed by atoms with Crippen molar-refractivity contribution in [2.45, 2.75) is 90.9 Å². The highest BCUT2D eigenvalue weighted by Gasteiger charge is 2.14. The van der Waals surface area contributed by atoms with E-state index in [0.717, 1.165) is 0 Å². The van der Waals surface area contributed by atoms with Gasteiger partial charge < -0.3 is 0 Å². The highest BCUT2D eigenvalue weighted by molar-refractivity contribution is 5.38. The first-order valence-electron chi connectivity index (χ1n) is 10.8. The fraction of sp³-hybridized carbons (Fsp3) is 0.538. The van der Waals surface area contributed by atoms with E-state index in [0.29, 0.717) is 11.8 Å². The standard InChI is InChI=1S/2C13H18/c1-10(2)12-9-5-7-11-6-3-4-8-13(11)12;1-10(2)12-8-7-11-5-3-4-6-13(11)9-12/h5,7,9-10H,3-4,6,8H2,1-2H3;7-10H,3-6H2,1-2H3. The molecule has 0 atom stereocenters. The van der Waals surface area contributed by atoms with Gasteiger partial charge in [-0.15, -0.1) is 0 Å². The number of fused-ring (bicyclic) bond motifs is 2. The van der Waals surface area contributed by atoms with Crippen LogP contribution in [0.15, 0.2) is 36.4 Å². The van der Waals surface area contributed by atoms with Crippen LogP contribution in [0.4, 0.5) is 0 Å². The molecule has 4 rings (SSSR count). The second-order valence-electron chi connectivity index (χ2n) is 8.74. The lowest BCUT2D eigenvalue weighted by Crippen LogP contribution is -2.06. The average Bonchev–Trinajstić information content (AvgIpc) is 2.67. The number of aryl methyl sites for hydroxylation is 3. The van der Waals surface area contributed by atoms with Crippen LogP contribution < -0.4 is 0 Å². The molecule has 2 aliphatic rings. The van der Waals surface area contributed by atoms with Gasteiger partial charge in [0.1, 0.15) is 0 Å². The third-order valence-electron chi connectivity index (χ3n) is 6.09. The van der Waals surface area contributed by atoms with Gasteiger partial charge in [0.05, 0.1) is 0 Å². The van der Waals surface area contributed by atoms with Crippen LogP contribution in [-0.4, -0.2) is 0 Å². The van der Waals surface area contributed by atoms with E-state index in [1.807, 2.05) is 0 Å². The Morgan fingerprint density at radius 1 is 0.615 bits per heavy atom. The molecule has 0 nitrogen and oxygen atoms in total. The molecule has 2 aromatic carbocycles. The Morgan fingerprint density at radius 3 is 1.96 bits per heavy atom. The van der Waals surface area contributed by atoms with Crippen molar-refractivity contribution in [2.24, 2.45) is 0 Å².